The van der Waals surface area contributed by atoms with E-state index in [4.69, 9.17) is 5.73 Å². The molecule has 0 spiro atoms. The smallest absolute Gasteiger partial charge is 0.242 e. The first kappa shape index (κ1) is 13.3. The Morgan fingerprint density at radius 2 is 1.94 bits per heavy atom. The van der Waals surface area contributed by atoms with E-state index in [1.807, 2.05) is 6.07 Å². The summed E-state index contributed by atoms with van der Waals surface area (Å²) < 4.78 is 26.9. The minimum Gasteiger partial charge on any atom is -0.380 e. The van der Waals surface area contributed by atoms with Gasteiger partial charge in [-0.1, -0.05) is 12.1 Å². The van der Waals surface area contributed by atoms with Crippen LogP contribution in [0.2, 0.25) is 0 Å². The second-order valence-electron chi connectivity index (χ2n) is 4.92. The predicted octanol–water partition coefficient (Wildman–Crippen LogP) is 0.885. The van der Waals surface area contributed by atoms with Crippen LogP contribution in [0.3, 0.4) is 0 Å². The van der Waals surface area contributed by atoms with Crippen LogP contribution in [0.15, 0.2) is 29.2 Å². The van der Waals surface area contributed by atoms with Crippen molar-refractivity contribution in [3.63, 3.8) is 0 Å². The van der Waals surface area contributed by atoms with Gasteiger partial charge in [0.25, 0.3) is 0 Å². The van der Waals surface area contributed by atoms with Crippen molar-refractivity contribution in [3.8, 4) is 0 Å². The quantitative estimate of drug-likeness (QED) is 0.741. The molecule has 0 aromatic heterocycles. The molecular weight excluding hydrogens is 250 g/mol. The maximum atomic E-state index is 12.2. The third-order valence-corrected chi connectivity index (χ3v) is 4.46. The Morgan fingerprint density at radius 3 is 2.50 bits per heavy atom. The SMILES string of the molecule is CC(C)NS(=O)(=O)c1ccccc1NC1CC1N. The maximum absolute atomic E-state index is 12.2. The van der Waals surface area contributed by atoms with E-state index >= 15 is 0 Å². The Hall–Kier alpha value is -1.11. The van der Waals surface area contributed by atoms with E-state index in [0.29, 0.717) is 5.69 Å². The zero-order valence-corrected chi connectivity index (χ0v) is 11.4. The molecule has 2 unspecified atom stereocenters. The molecule has 5 nitrogen and oxygen atoms in total. The van der Waals surface area contributed by atoms with Crippen LogP contribution < -0.4 is 15.8 Å². The lowest BCUT2D eigenvalue weighted by Crippen LogP contribution is -2.31. The molecule has 18 heavy (non-hydrogen) atoms. The van der Waals surface area contributed by atoms with Crippen LogP contribution in [0.5, 0.6) is 0 Å². The fraction of sp³-hybridized carbons (Fsp3) is 0.500. The van der Waals surface area contributed by atoms with Crippen molar-refractivity contribution < 1.29 is 8.42 Å². The van der Waals surface area contributed by atoms with E-state index in [-0.39, 0.29) is 23.0 Å². The van der Waals surface area contributed by atoms with E-state index in [1.54, 1.807) is 32.0 Å². The predicted molar refractivity (Wildman–Crippen MR) is 71.9 cm³/mol. The molecule has 1 aromatic carbocycles. The van der Waals surface area contributed by atoms with E-state index < -0.39 is 10.0 Å². The van der Waals surface area contributed by atoms with Gasteiger partial charge in [0.05, 0.1) is 5.69 Å². The summed E-state index contributed by atoms with van der Waals surface area (Å²) in [7, 11) is -3.48. The highest BCUT2D eigenvalue weighted by Crippen LogP contribution is 2.28. The number of anilines is 1. The Morgan fingerprint density at radius 1 is 1.33 bits per heavy atom. The summed E-state index contributed by atoms with van der Waals surface area (Å²) in [5.41, 5.74) is 6.34. The number of hydrogen-bond donors (Lipinski definition) is 3. The van der Waals surface area contributed by atoms with Crippen LogP contribution in [0.25, 0.3) is 0 Å². The van der Waals surface area contributed by atoms with Crippen molar-refractivity contribution in [2.24, 2.45) is 5.73 Å². The van der Waals surface area contributed by atoms with Gasteiger partial charge in [-0.25, -0.2) is 13.1 Å². The molecule has 0 aliphatic heterocycles. The van der Waals surface area contributed by atoms with E-state index in [2.05, 4.69) is 10.0 Å². The number of nitrogens with one attached hydrogen (secondary N) is 2. The summed E-state index contributed by atoms with van der Waals surface area (Å²) in [4.78, 5) is 0.276. The fourth-order valence-corrected chi connectivity index (χ4v) is 3.20. The summed E-state index contributed by atoms with van der Waals surface area (Å²) in [6, 6.07) is 7.06. The Bertz CT molecular complexity index is 528. The first-order chi connectivity index (χ1) is 8.40. The van der Waals surface area contributed by atoms with Gasteiger partial charge in [-0.2, -0.15) is 0 Å². The molecule has 0 bridgehead atoms. The Labute approximate surface area is 108 Å². The van der Waals surface area contributed by atoms with Gasteiger partial charge in [-0.3, -0.25) is 0 Å². The summed E-state index contributed by atoms with van der Waals surface area (Å²) in [6.45, 7) is 3.59. The molecule has 1 fully saturated rings. The summed E-state index contributed by atoms with van der Waals surface area (Å²) in [6.07, 6.45) is 0.881. The minimum absolute atomic E-state index is 0.124. The Kier molecular flexibility index (Phi) is 3.61. The summed E-state index contributed by atoms with van der Waals surface area (Å²) in [5, 5.41) is 3.17. The lowest BCUT2D eigenvalue weighted by Gasteiger charge is -2.14. The zero-order valence-electron chi connectivity index (χ0n) is 10.6. The monoisotopic (exact) mass is 269 g/mol. The van der Waals surface area contributed by atoms with E-state index in [1.165, 1.54) is 0 Å². The van der Waals surface area contributed by atoms with Crippen LogP contribution in [0.4, 0.5) is 5.69 Å². The lowest BCUT2D eigenvalue weighted by molar-refractivity contribution is 0.570. The standard InChI is InChI=1S/C12H19N3O2S/c1-8(2)15-18(16,17)12-6-4-3-5-10(12)14-11-7-9(11)13/h3-6,8-9,11,14-15H,7,13H2,1-2H3. The molecule has 1 saturated carbocycles. The van der Waals surface area contributed by atoms with Crippen molar-refractivity contribution >= 4 is 15.7 Å². The second kappa shape index (κ2) is 4.87. The molecule has 1 aromatic rings. The van der Waals surface area contributed by atoms with Gasteiger partial charge >= 0.3 is 0 Å². The molecule has 4 N–H and O–H groups in total. The van der Waals surface area contributed by atoms with Crippen LogP contribution in [0.1, 0.15) is 20.3 Å². The highest BCUT2D eigenvalue weighted by Gasteiger charge is 2.34. The summed E-state index contributed by atoms with van der Waals surface area (Å²) >= 11 is 0. The third kappa shape index (κ3) is 3.01. The molecule has 0 radical (unpaired) electrons. The number of sulfonamides is 1. The molecule has 0 amide bonds. The molecule has 0 heterocycles. The third-order valence-electron chi connectivity index (χ3n) is 2.75. The van der Waals surface area contributed by atoms with Gasteiger partial charge < -0.3 is 11.1 Å². The lowest BCUT2D eigenvalue weighted by atomic mass is 10.3. The van der Waals surface area contributed by atoms with Crippen LogP contribution in [-0.2, 0) is 10.0 Å². The maximum Gasteiger partial charge on any atom is 0.242 e. The van der Waals surface area contributed by atoms with Gasteiger partial charge in [-0.15, -0.1) is 0 Å². The first-order valence-electron chi connectivity index (χ1n) is 6.03. The van der Waals surface area contributed by atoms with Crippen molar-refractivity contribution in [1.29, 1.82) is 0 Å². The highest BCUT2D eigenvalue weighted by molar-refractivity contribution is 7.89. The average Bonchev–Trinajstić information content (AvgIpc) is 2.93. The fourth-order valence-electron chi connectivity index (χ4n) is 1.77. The Balaban J connectivity index is 2.26. The van der Waals surface area contributed by atoms with E-state index in [0.717, 1.165) is 6.42 Å². The van der Waals surface area contributed by atoms with Crippen LogP contribution in [0, 0.1) is 0 Å². The normalized spacial score (nSPS) is 23.1. The molecule has 6 heteroatoms. The molecule has 1 aliphatic carbocycles. The van der Waals surface area contributed by atoms with E-state index in [9.17, 15) is 8.42 Å². The molecular formula is C12H19N3O2S. The van der Waals surface area contributed by atoms with Gasteiger partial charge in [0.1, 0.15) is 4.90 Å². The second-order valence-corrected chi connectivity index (χ2v) is 6.60. The van der Waals surface area contributed by atoms with Crippen molar-refractivity contribution in [2.75, 3.05) is 5.32 Å². The largest absolute Gasteiger partial charge is 0.380 e. The first-order valence-corrected chi connectivity index (χ1v) is 7.52. The highest BCUT2D eigenvalue weighted by atomic mass is 32.2. The molecule has 100 valence electrons. The zero-order chi connectivity index (χ0) is 13.3. The number of benzene rings is 1. The van der Waals surface area contributed by atoms with Gasteiger partial charge in [0.2, 0.25) is 10.0 Å². The topological polar surface area (TPSA) is 84.2 Å². The van der Waals surface area contributed by atoms with Crippen LogP contribution >= 0.6 is 0 Å². The number of nitrogens with two attached hydrogens (primary N) is 1. The van der Waals surface area contributed by atoms with Gasteiger partial charge in [0.15, 0.2) is 0 Å². The average molecular weight is 269 g/mol. The number of rotatable bonds is 5. The van der Waals surface area contributed by atoms with Crippen molar-refractivity contribution in [2.45, 2.75) is 43.3 Å². The molecule has 2 atom stereocenters. The molecule has 0 saturated heterocycles. The number of hydrogen-bond acceptors (Lipinski definition) is 4. The molecule has 1 aliphatic rings. The summed E-state index contributed by atoms with van der Waals surface area (Å²) in [5.74, 6) is 0. The van der Waals surface area contributed by atoms with Gasteiger partial charge in [0, 0.05) is 18.1 Å². The number of para-hydroxylation sites is 1. The van der Waals surface area contributed by atoms with Crippen molar-refractivity contribution in [3.05, 3.63) is 24.3 Å². The minimum atomic E-state index is -3.48. The molecule has 2 rings (SSSR count). The van der Waals surface area contributed by atoms with Crippen molar-refractivity contribution in [1.82, 2.24) is 4.72 Å². The van der Waals surface area contributed by atoms with Crippen LogP contribution in [-0.4, -0.2) is 26.5 Å². The van der Waals surface area contributed by atoms with Gasteiger partial charge in [-0.05, 0) is 32.4 Å².